The Kier molecular flexibility index (Phi) is 5.50. The van der Waals surface area contributed by atoms with Crippen LogP contribution in [0.1, 0.15) is 37.0 Å². The van der Waals surface area contributed by atoms with E-state index in [1.165, 1.54) is 0 Å². The number of benzene rings is 1. The molecule has 1 amide bonds. The summed E-state index contributed by atoms with van der Waals surface area (Å²) in [5.41, 5.74) is 0.591. The second-order valence-corrected chi connectivity index (χ2v) is 8.98. The molecule has 1 saturated heterocycles. The number of halogens is 1. The lowest BCUT2D eigenvalue weighted by molar-refractivity contribution is 0.0725. The summed E-state index contributed by atoms with van der Waals surface area (Å²) >= 11 is 5.82. The third kappa shape index (κ3) is 4.23. The molecular weight excluding hydrogens is 322 g/mol. The van der Waals surface area contributed by atoms with E-state index in [9.17, 15) is 13.2 Å². The molecule has 0 radical (unpaired) electrons. The largest absolute Gasteiger partial charge is 0.339 e. The summed E-state index contributed by atoms with van der Waals surface area (Å²) in [6.07, 6.45) is 1.04. The van der Waals surface area contributed by atoms with E-state index in [4.69, 9.17) is 11.6 Å². The van der Waals surface area contributed by atoms with Gasteiger partial charge in [0.25, 0.3) is 5.91 Å². The van der Waals surface area contributed by atoms with E-state index in [0.717, 1.165) is 0 Å². The molecule has 1 aromatic rings. The SMILES string of the molecule is CC(C)CS(=O)(=O)C1CCN(C(=O)c2ccc(Cl)cc2)CC1. The molecule has 0 unspecified atom stereocenters. The van der Waals surface area contributed by atoms with Crippen molar-refractivity contribution in [2.75, 3.05) is 18.8 Å². The molecule has 22 heavy (non-hydrogen) atoms. The van der Waals surface area contributed by atoms with Crippen LogP contribution < -0.4 is 0 Å². The second kappa shape index (κ2) is 7.01. The Bertz CT molecular complexity index is 617. The number of amides is 1. The zero-order chi connectivity index (χ0) is 16.3. The smallest absolute Gasteiger partial charge is 0.253 e. The molecule has 1 aliphatic rings. The van der Waals surface area contributed by atoms with Gasteiger partial charge in [-0.25, -0.2) is 8.42 Å². The molecule has 0 spiro atoms. The molecule has 0 N–H and O–H groups in total. The summed E-state index contributed by atoms with van der Waals surface area (Å²) in [6, 6.07) is 6.78. The normalized spacial score (nSPS) is 17.0. The summed E-state index contributed by atoms with van der Waals surface area (Å²) < 4.78 is 24.5. The van der Waals surface area contributed by atoms with Crippen molar-refractivity contribution in [1.82, 2.24) is 4.90 Å². The molecular formula is C16H22ClNO3S. The van der Waals surface area contributed by atoms with E-state index in [0.29, 0.717) is 36.5 Å². The maximum absolute atomic E-state index is 12.4. The molecule has 0 aromatic heterocycles. The number of rotatable bonds is 4. The average molecular weight is 344 g/mol. The van der Waals surface area contributed by atoms with Gasteiger partial charge in [-0.3, -0.25) is 4.79 Å². The van der Waals surface area contributed by atoms with E-state index in [2.05, 4.69) is 0 Å². The van der Waals surface area contributed by atoms with Gasteiger partial charge in [-0.15, -0.1) is 0 Å². The van der Waals surface area contributed by atoms with Crippen LogP contribution in [-0.2, 0) is 9.84 Å². The van der Waals surface area contributed by atoms with Gasteiger partial charge in [0.2, 0.25) is 0 Å². The first kappa shape index (κ1) is 17.3. The average Bonchev–Trinajstić information content (AvgIpc) is 2.46. The molecule has 6 heteroatoms. The Morgan fingerprint density at radius 2 is 1.77 bits per heavy atom. The van der Waals surface area contributed by atoms with Gasteiger partial charge in [-0.1, -0.05) is 25.4 Å². The lowest BCUT2D eigenvalue weighted by atomic mass is 10.1. The van der Waals surface area contributed by atoms with E-state index >= 15 is 0 Å². The van der Waals surface area contributed by atoms with Crippen molar-refractivity contribution < 1.29 is 13.2 Å². The minimum absolute atomic E-state index is 0.0589. The zero-order valence-corrected chi connectivity index (χ0v) is 14.5. The van der Waals surface area contributed by atoms with Crippen LogP contribution in [0.15, 0.2) is 24.3 Å². The number of carbonyl (C=O) groups excluding carboxylic acids is 1. The summed E-state index contributed by atoms with van der Waals surface area (Å²) in [5, 5.41) is 0.277. The van der Waals surface area contributed by atoms with Crippen LogP contribution in [0.2, 0.25) is 5.02 Å². The number of likely N-dealkylation sites (tertiary alicyclic amines) is 1. The van der Waals surface area contributed by atoms with Gasteiger partial charge in [-0.2, -0.15) is 0 Å². The predicted molar refractivity (Wildman–Crippen MR) is 89.0 cm³/mol. The number of sulfone groups is 1. The molecule has 2 rings (SSSR count). The molecule has 1 aliphatic heterocycles. The molecule has 1 aromatic carbocycles. The molecule has 4 nitrogen and oxygen atoms in total. The number of hydrogen-bond donors (Lipinski definition) is 0. The first-order chi connectivity index (χ1) is 10.3. The van der Waals surface area contributed by atoms with Crippen LogP contribution in [0.5, 0.6) is 0 Å². The van der Waals surface area contributed by atoms with Gasteiger partial charge < -0.3 is 4.90 Å². The van der Waals surface area contributed by atoms with Gasteiger partial charge in [-0.05, 0) is 43.0 Å². The lowest BCUT2D eigenvalue weighted by Crippen LogP contribution is -2.43. The highest BCUT2D eigenvalue weighted by Gasteiger charge is 2.32. The maximum Gasteiger partial charge on any atom is 0.253 e. The Hall–Kier alpha value is -1.07. The zero-order valence-electron chi connectivity index (χ0n) is 13.0. The van der Waals surface area contributed by atoms with Crippen LogP contribution >= 0.6 is 11.6 Å². The van der Waals surface area contributed by atoms with Crippen molar-refractivity contribution in [3.8, 4) is 0 Å². The van der Waals surface area contributed by atoms with Gasteiger partial charge >= 0.3 is 0 Å². The standard InChI is InChI=1S/C16H22ClNO3S/c1-12(2)11-22(20,21)15-7-9-18(10-8-15)16(19)13-3-5-14(17)6-4-13/h3-6,12,15H,7-11H2,1-2H3. The van der Waals surface area contributed by atoms with Crippen molar-refractivity contribution in [2.45, 2.75) is 31.9 Å². The van der Waals surface area contributed by atoms with Crippen molar-refractivity contribution >= 4 is 27.3 Å². The minimum Gasteiger partial charge on any atom is -0.339 e. The molecule has 0 saturated carbocycles. The summed E-state index contributed by atoms with van der Waals surface area (Å²) in [4.78, 5) is 14.1. The van der Waals surface area contributed by atoms with Crippen molar-refractivity contribution in [1.29, 1.82) is 0 Å². The van der Waals surface area contributed by atoms with Crippen molar-refractivity contribution in [3.05, 3.63) is 34.9 Å². The predicted octanol–water partition coefficient (Wildman–Crippen LogP) is 3.02. The highest BCUT2D eigenvalue weighted by atomic mass is 35.5. The molecule has 0 atom stereocenters. The minimum atomic E-state index is -3.06. The molecule has 1 fully saturated rings. The van der Waals surface area contributed by atoms with E-state index in [1.54, 1.807) is 29.2 Å². The number of hydrogen-bond acceptors (Lipinski definition) is 3. The lowest BCUT2D eigenvalue weighted by Gasteiger charge is -2.32. The van der Waals surface area contributed by atoms with Gasteiger partial charge in [0.15, 0.2) is 9.84 Å². The van der Waals surface area contributed by atoms with Crippen LogP contribution in [0.25, 0.3) is 0 Å². The van der Waals surface area contributed by atoms with Gasteiger partial charge in [0.1, 0.15) is 0 Å². The fourth-order valence-electron chi connectivity index (χ4n) is 2.79. The first-order valence-electron chi connectivity index (χ1n) is 7.56. The number of carbonyl (C=O) groups is 1. The Balaban J connectivity index is 1.97. The highest BCUT2D eigenvalue weighted by molar-refractivity contribution is 7.92. The second-order valence-electron chi connectivity index (χ2n) is 6.22. The highest BCUT2D eigenvalue weighted by Crippen LogP contribution is 2.22. The monoisotopic (exact) mass is 343 g/mol. The summed E-state index contributed by atoms with van der Waals surface area (Å²) in [5.74, 6) is 0.304. The summed E-state index contributed by atoms with van der Waals surface area (Å²) in [7, 11) is -3.06. The van der Waals surface area contributed by atoms with E-state index < -0.39 is 9.84 Å². The quantitative estimate of drug-likeness (QED) is 0.844. The summed E-state index contributed by atoms with van der Waals surface area (Å²) in [6.45, 7) is 4.81. The Morgan fingerprint density at radius 3 is 2.27 bits per heavy atom. The third-order valence-corrected chi connectivity index (χ3v) is 6.76. The van der Waals surface area contributed by atoms with E-state index in [-0.39, 0.29) is 22.8 Å². The first-order valence-corrected chi connectivity index (χ1v) is 9.65. The fraction of sp³-hybridized carbons (Fsp3) is 0.562. The Labute approximate surface area is 137 Å². The van der Waals surface area contributed by atoms with E-state index in [1.807, 2.05) is 13.8 Å². The molecule has 122 valence electrons. The topological polar surface area (TPSA) is 54.5 Å². The molecule has 1 heterocycles. The molecule has 0 aliphatic carbocycles. The molecule has 0 bridgehead atoms. The van der Waals surface area contributed by atoms with Crippen LogP contribution in [0.4, 0.5) is 0 Å². The van der Waals surface area contributed by atoms with Crippen molar-refractivity contribution in [3.63, 3.8) is 0 Å². The Morgan fingerprint density at radius 1 is 1.23 bits per heavy atom. The van der Waals surface area contributed by atoms with Crippen molar-refractivity contribution in [2.24, 2.45) is 5.92 Å². The van der Waals surface area contributed by atoms with Crippen LogP contribution in [0.3, 0.4) is 0 Å². The van der Waals surface area contributed by atoms with Gasteiger partial charge in [0, 0.05) is 23.7 Å². The number of piperidine rings is 1. The number of nitrogens with zero attached hydrogens (tertiary/aromatic N) is 1. The third-order valence-electron chi connectivity index (χ3n) is 3.89. The maximum atomic E-state index is 12.4. The van der Waals surface area contributed by atoms with Crippen LogP contribution in [-0.4, -0.2) is 43.3 Å². The fourth-order valence-corrected chi connectivity index (χ4v) is 5.05. The van der Waals surface area contributed by atoms with Crippen LogP contribution in [0, 0.1) is 5.92 Å². The van der Waals surface area contributed by atoms with Gasteiger partial charge in [0.05, 0.1) is 11.0 Å².